The summed E-state index contributed by atoms with van der Waals surface area (Å²) in [6, 6.07) is 5.54. The number of halogens is 2. The highest BCUT2D eigenvalue weighted by molar-refractivity contribution is 7.51. The normalized spacial score (nSPS) is 23.2. The molecule has 3 aliphatic heterocycles. The first kappa shape index (κ1) is 30.6. The first-order valence-electron chi connectivity index (χ1n) is 14.3. The zero-order valence-electron chi connectivity index (χ0n) is 23.7. The molecule has 11 nitrogen and oxygen atoms in total. The van der Waals surface area contributed by atoms with Gasteiger partial charge in [-0.05, 0) is 67.3 Å². The Balaban J connectivity index is 1.13. The minimum absolute atomic E-state index is 0.0946. The lowest BCUT2D eigenvalue weighted by atomic mass is 9.90. The van der Waals surface area contributed by atoms with Crippen molar-refractivity contribution in [1.29, 1.82) is 0 Å². The second-order valence-corrected chi connectivity index (χ2v) is 14.2. The van der Waals surface area contributed by atoms with Crippen molar-refractivity contribution in [1.82, 2.24) is 20.1 Å². The maximum atomic E-state index is 14.7. The smallest absolute Gasteiger partial charge is 0.363 e. The number of amides is 3. The van der Waals surface area contributed by atoms with E-state index >= 15 is 0 Å². The van der Waals surface area contributed by atoms with Crippen LogP contribution in [0.1, 0.15) is 64.7 Å². The van der Waals surface area contributed by atoms with E-state index in [1.165, 1.54) is 37.6 Å². The van der Waals surface area contributed by atoms with Crippen LogP contribution in [0.3, 0.4) is 0 Å². The number of nitrogens with zero attached hydrogens (tertiary/aromatic N) is 3. The molecule has 0 bridgehead atoms. The lowest BCUT2D eigenvalue weighted by Crippen LogP contribution is -2.58. The van der Waals surface area contributed by atoms with Crippen molar-refractivity contribution in [3.05, 3.63) is 58.3 Å². The molecule has 1 aromatic carbocycles. The third-order valence-electron chi connectivity index (χ3n) is 8.72. The van der Waals surface area contributed by atoms with Crippen molar-refractivity contribution < 1.29 is 42.3 Å². The SMILES string of the molecule is COc1nccc(C2CN(C(=O)[C@@H]3CC[C@@H]4CCC[C@H](NC(=O)c5cc6cc([C@@H](F)P(=O)(O)O)ccc6s5)C(=O)N43)C2)c1F. The Hall–Kier alpha value is -3.45. The fourth-order valence-corrected chi connectivity index (χ4v) is 7.94. The number of rotatable bonds is 7. The quantitative estimate of drug-likeness (QED) is 0.327. The minimum Gasteiger partial charge on any atom is -0.479 e. The summed E-state index contributed by atoms with van der Waals surface area (Å²) in [5.41, 5.74) is 0.243. The lowest BCUT2D eigenvalue weighted by molar-refractivity contribution is -0.148. The van der Waals surface area contributed by atoms with Gasteiger partial charge in [-0.3, -0.25) is 18.9 Å². The van der Waals surface area contributed by atoms with Gasteiger partial charge in [-0.2, -0.15) is 0 Å². The molecule has 0 spiro atoms. The number of carbonyl (C=O) groups is 3. The molecule has 3 amide bonds. The molecule has 3 aliphatic rings. The number of alkyl halides is 1. The molecule has 2 aromatic heterocycles. The van der Waals surface area contributed by atoms with Gasteiger partial charge in [0.25, 0.3) is 5.91 Å². The highest BCUT2D eigenvalue weighted by Gasteiger charge is 2.48. The van der Waals surface area contributed by atoms with Crippen molar-refractivity contribution in [3.63, 3.8) is 0 Å². The Morgan fingerprint density at radius 1 is 1.16 bits per heavy atom. The van der Waals surface area contributed by atoms with E-state index < -0.39 is 37.3 Å². The number of thiophene rings is 1. The zero-order chi connectivity index (χ0) is 31.3. The molecular formula is C29H31F2N4O7PS. The number of ether oxygens (including phenoxy) is 1. The molecule has 6 rings (SSSR count). The van der Waals surface area contributed by atoms with Gasteiger partial charge in [-0.25, -0.2) is 13.8 Å². The first-order valence-corrected chi connectivity index (χ1v) is 16.8. The van der Waals surface area contributed by atoms with Crippen LogP contribution in [0.2, 0.25) is 0 Å². The summed E-state index contributed by atoms with van der Waals surface area (Å²) in [7, 11) is -3.64. The Morgan fingerprint density at radius 2 is 1.93 bits per heavy atom. The van der Waals surface area contributed by atoms with Gasteiger partial charge in [-0.1, -0.05) is 6.07 Å². The molecule has 3 saturated heterocycles. The molecule has 44 heavy (non-hydrogen) atoms. The van der Waals surface area contributed by atoms with Gasteiger partial charge < -0.3 is 29.6 Å². The van der Waals surface area contributed by atoms with Gasteiger partial charge >= 0.3 is 7.60 Å². The number of hydrogen-bond donors (Lipinski definition) is 3. The summed E-state index contributed by atoms with van der Waals surface area (Å²) in [6.45, 7) is 0.633. The van der Waals surface area contributed by atoms with Crippen LogP contribution < -0.4 is 10.1 Å². The molecule has 3 fully saturated rings. The minimum atomic E-state index is -4.99. The molecule has 0 radical (unpaired) electrons. The second-order valence-electron chi connectivity index (χ2n) is 11.4. The van der Waals surface area contributed by atoms with Crippen molar-refractivity contribution in [2.45, 2.75) is 62.1 Å². The van der Waals surface area contributed by atoms with Crippen LogP contribution in [0.4, 0.5) is 8.78 Å². The monoisotopic (exact) mass is 648 g/mol. The van der Waals surface area contributed by atoms with Crippen molar-refractivity contribution in [2.75, 3.05) is 20.2 Å². The molecule has 4 atom stereocenters. The first-order chi connectivity index (χ1) is 21.0. The molecule has 3 N–H and O–H groups in total. The van der Waals surface area contributed by atoms with Crippen molar-refractivity contribution >= 4 is 46.7 Å². The van der Waals surface area contributed by atoms with E-state index in [-0.39, 0.29) is 40.1 Å². The predicted molar refractivity (Wildman–Crippen MR) is 157 cm³/mol. The zero-order valence-corrected chi connectivity index (χ0v) is 25.4. The number of nitrogens with one attached hydrogen (secondary N) is 1. The van der Waals surface area contributed by atoms with E-state index in [2.05, 4.69) is 10.3 Å². The number of methoxy groups -OCH3 is 1. The van der Waals surface area contributed by atoms with Gasteiger partial charge in [-0.15, -0.1) is 11.3 Å². The van der Waals surface area contributed by atoms with E-state index in [4.69, 9.17) is 4.74 Å². The van der Waals surface area contributed by atoms with Crippen LogP contribution in [0.15, 0.2) is 36.5 Å². The number of aromatic nitrogens is 1. The fraction of sp³-hybridized carbons (Fsp3) is 0.448. The Kier molecular flexibility index (Phi) is 8.20. The molecule has 3 aromatic rings. The molecule has 5 heterocycles. The number of fused-ring (bicyclic) bond motifs is 2. The third-order valence-corrected chi connectivity index (χ3v) is 10.7. The Labute approximate surface area is 255 Å². The average Bonchev–Trinajstić information content (AvgIpc) is 3.56. The number of hydrogen-bond acceptors (Lipinski definition) is 7. The van der Waals surface area contributed by atoms with Gasteiger partial charge in [0.2, 0.25) is 23.6 Å². The van der Waals surface area contributed by atoms with Crippen LogP contribution in [0.25, 0.3) is 10.1 Å². The molecule has 0 aliphatic carbocycles. The summed E-state index contributed by atoms with van der Waals surface area (Å²) in [5.74, 6) is -4.32. The van der Waals surface area contributed by atoms with E-state index in [1.807, 2.05) is 0 Å². The number of pyridine rings is 1. The summed E-state index contributed by atoms with van der Waals surface area (Å²) in [5, 5.41) is 3.27. The van der Waals surface area contributed by atoms with Gasteiger partial charge in [0.1, 0.15) is 12.1 Å². The van der Waals surface area contributed by atoms with Crippen LogP contribution in [-0.2, 0) is 14.2 Å². The van der Waals surface area contributed by atoms with E-state index in [1.54, 1.807) is 15.9 Å². The molecule has 0 saturated carbocycles. The van der Waals surface area contributed by atoms with E-state index in [0.29, 0.717) is 60.8 Å². The van der Waals surface area contributed by atoms with Crippen LogP contribution >= 0.6 is 18.9 Å². The fourth-order valence-electron chi connectivity index (χ4n) is 6.44. The maximum Gasteiger partial charge on any atom is 0.363 e. The molecular weight excluding hydrogens is 617 g/mol. The summed E-state index contributed by atoms with van der Waals surface area (Å²) in [4.78, 5) is 66.3. The standard InChI is InChI=1S/C29H31F2N4O7PS/c1-42-27-24(30)19(9-10-32-27)17-13-34(14-17)29(38)21-7-6-18-3-2-4-20(28(37)35(18)21)33-26(36)23-12-16-11-15(5-8-22(16)44-23)25(31)43(39,40)41/h5,8-12,17-18,20-21,25H,2-4,6-7,13-14H2,1H3,(H,33,36)(H2,39,40,41)/t18-,20-,21-,25-/m0/s1. The largest absolute Gasteiger partial charge is 0.479 e. The van der Waals surface area contributed by atoms with Gasteiger partial charge in [0.15, 0.2) is 5.82 Å². The molecule has 234 valence electrons. The predicted octanol–water partition coefficient (Wildman–Crippen LogP) is 3.86. The van der Waals surface area contributed by atoms with Gasteiger partial charge in [0, 0.05) is 41.5 Å². The van der Waals surface area contributed by atoms with Crippen LogP contribution in [-0.4, -0.2) is 80.6 Å². The average molecular weight is 649 g/mol. The van der Waals surface area contributed by atoms with Crippen molar-refractivity contribution in [3.8, 4) is 5.88 Å². The maximum absolute atomic E-state index is 14.7. The summed E-state index contributed by atoms with van der Waals surface area (Å²) >= 11 is 1.12. The number of carbonyl (C=O) groups excluding carboxylic acids is 3. The molecule has 0 unspecified atom stereocenters. The van der Waals surface area contributed by atoms with E-state index in [0.717, 1.165) is 11.3 Å². The van der Waals surface area contributed by atoms with Crippen LogP contribution in [0.5, 0.6) is 5.88 Å². The number of benzene rings is 1. The summed E-state index contributed by atoms with van der Waals surface area (Å²) < 4.78 is 45.8. The van der Waals surface area contributed by atoms with E-state index in [9.17, 15) is 37.5 Å². The Bertz CT molecular complexity index is 1680. The molecule has 15 heteroatoms. The van der Waals surface area contributed by atoms with Crippen molar-refractivity contribution in [2.24, 2.45) is 0 Å². The highest BCUT2D eigenvalue weighted by Crippen LogP contribution is 2.53. The highest BCUT2D eigenvalue weighted by atomic mass is 32.1. The number of likely N-dealkylation sites (tertiary alicyclic amines) is 1. The second kappa shape index (κ2) is 11.8. The lowest BCUT2D eigenvalue weighted by Gasteiger charge is -2.42. The van der Waals surface area contributed by atoms with Crippen LogP contribution in [0, 0.1) is 5.82 Å². The van der Waals surface area contributed by atoms with Gasteiger partial charge in [0.05, 0.1) is 12.0 Å². The topological polar surface area (TPSA) is 149 Å². The Morgan fingerprint density at radius 3 is 2.66 bits per heavy atom. The summed E-state index contributed by atoms with van der Waals surface area (Å²) in [6.07, 6.45) is 4.46. The third kappa shape index (κ3) is 5.60.